The van der Waals surface area contributed by atoms with Crippen LogP contribution in [0.2, 0.25) is 16.6 Å². The lowest BCUT2D eigenvalue weighted by atomic mass is 9.73. The number of hydrogen-bond donors (Lipinski definition) is 0. The van der Waals surface area contributed by atoms with Gasteiger partial charge in [-0.1, -0.05) is 80.9 Å². The number of allylic oxidation sites excluding steroid dienone is 3. The Balaban J connectivity index is 3.08. The molecular formula is C22H42OSi. The van der Waals surface area contributed by atoms with Crippen molar-refractivity contribution < 1.29 is 4.43 Å². The molecule has 2 heteroatoms. The van der Waals surface area contributed by atoms with Crippen LogP contribution in [0.1, 0.15) is 88.0 Å². The topological polar surface area (TPSA) is 9.23 Å². The van der Waals surface area contributed by atoms with Crippen LogP contribution in [-0.4, -0.2) is 8.32 Å². The lowest BCUT2D eigenvalue weighted by molar-refractivity contribution is 0.258. The van der Waals surface area contributed by atoms with Crippen LogP contribution in [0.25, 0.3) is 0 Å². The molecule has 140 valence electrons. The summed E-state index contributed by atoms with van der Waals surface area (Å²) in [5.41, 5.74) is 2.20. The van der Waals surface area contributed by atoms with Crippen LogP contribution in [-0.2, 0) is 4.43 Å². The largest absolute Gasteiger partial charge is 0.546 e. The summed E-state index contributed by atoms with van der Waals surface area (Å²) >= 11 is 0. The van der Waals surface area contributed by atoms with Gasteiger partial charge in [0.25, 0.3) is 8.32 Å². The second kappa shape index (κ2) is 8.74. The third-order valence-corrected chi connectivity index (χ3v) is 12.2. The zero-order chi connectivity index (χ0) is 18.5. The quantitative estimate of drug-likeness (QED) is 0.335. The summed E-state index contributed by atoms with van der Waals surface area (Å²) in [7, 11) is -1.83. The molecule has 1 nitrogen and oxygen atoms in total. The lowest BCUT2D eigenvalue weighted by Gasteiger charge is -2.43. The molecule has 0 fully saturated rings. The van der Waals surface area contributed by atoms with Crippen LogP contribution in [0.15, 0.2) is 24.0 Å². The Labute approximate surface area is 153 Å². The highest BCUT2D eigenvalue weighted by Crippen LogP contribution is 2.45. The van der Waals surface area contributed by atoms with E-state index < -0.39 is 8.32 Å². The maximum absolute atomic E-state index is 6.94. The summed E-state index contributed by atoms with van der Waals surface area (Å²) < 4.78 is 6.94. The predicted molar refractivity (Wildman–Crippen MR) is 111 cm³/mol. The average Bonchev–Trinajstić information content (AvgIpc) is 2.45. The van der Waals surface area contributed by atoms with Crippen LogP contribution < -0.4 is 0 Å². The molecule has 0 spiro atoms. The molecule has 0 heterocycles. The minimum Gasteiger partial charge on any atom is -0.546 e. The molecule has 0 radical (unpaired) electrons. The molecule has 0 aromatic carbocycles. The Morgan fingerprint density at radius 1 is 1.08 bits per heavy atom. The molecule has 0 aromatic heterocycles. The van der Waals surface area contributed by atoms with Crippen molar-refractivity contribution in [3.05, 3.63) is 24.0 Å². The Kier molecular flexibility index (Phi) is 7.84. The highest BCUT2D eigenvalue weighted by Gasteiger charge is 2.47. The zero-order valence-electron chi connectivity index (χ0n) is 17.8. The molecule has 1 rings (SSSR count). The Morgan fingerprint density at radius 3 is 2.08 bits per heavy atom. The summed E-state index contributed by atoms with van der Waals surface area (Å²) in [6, 6.07) is 0. The first-order chi connectivity index (χ1) is 11.1. The number of hydrogen-bond acceptors (Lipinski definition) is 1. The summed E-state index contributed by atoms with van der Waals surface area (Å²) in [6.07, 6.45) is 11.9. The van der Waals surface area contributed by atoms with Gasteiger partial charge in [0.2, 0.25) is 0 Å². The van der Waals surface area contributed by atoms with Crippen LogP contribution in [0.4, 0.5) is 0 Å². The molecular weight excluding hydrogens is 308 g/mol. The van der Waals surface area contributed by atoms with E-state index in [9.17, 15) is 0 Å². The van der Waals surface area contributed by atoms with Crippen molar-refractivity contribution >= 4 is 8.32 Å². The van der Waals surface area contributed by atoms with E-state index in [4.69, 9.17) is 4.43 Å². The molecule has 24 heavy (non-hydrogen) atoms. The van der Waals surface area contributed by atoms with Crippen LogP contribution in [0.3, 0.4) is 0 Å². The third kappa shape index (κ3) is 4.77. The van der Waals surface area contributed by atoms with Gasteiger partial charge < -0.3 is 4.43 Å². The maximum atomic E-state index is 6.94. The molecule has 0 N–H and O–H groups in total. The van der Waals surface area contributed by atoms with E-state index in [0.717, 1.165) is 12.8 Å². The van der Waals surface area contributed by atoms with Crippen molar-refractivity contribution in [1.82, 2.24) is 0 Å². The van der Waals surface area contributed by atoms with E-state index in [2.05, 4.69) is 80.5 Å². The van der Waals surface area contributed by atoms with Crippen molar-refractivity contribution in [3.8, 4) is 0 Å². The van der Waals surface area contributed by atoms with Crippen molar-refractivity contribution in [2.75, 3.05) is 0 Å². The molecule has 1 aliphatic carbocycles. The Hall–Kier alpha value is -0.503. The van der Waals surface area contributed by atoms with Crippen molar-refractivity contribution in [2.24, 2.45) is 11.3 Å². The van der Waals surface area contributed by atoms with Crippen LogP contribution in [0.5, 0.6) is 0 Å². The summed E-state index contributed by atoms with van der Waals surface area (Å²) in [5.74, 6) is 1.96. The highest BCUT2D eigenvalue weighted by molar-refractivity contribution is 6.77. The van der Waals surface area contributed by atoms with Gasteiger partial charge in [0, 0.05) is 6.42 Å². The fraction of sp³-hybridized carbons (Fsp3) is 0.818. The van der Waals surface area contributed by atoms with E-state index in [0.29, 0.717) is 28.0 Å². The van der Waals surface area contributed by atoms with E-state index in [1.54, 1.807) is 0 Å². The Morgan fingerprint density at radius 2 is 1.62 bits per heavy atom. The van der Waals surface area contributed by atoms with Gasteiger partial charge in [0.15, 0.2) is 0 Å². The van der Waals surface area contributed by atoms with Gasteiger partial charge in [-0.3, -0.25) is 0 Å². The average molecular weight is 351 g/mol. The smallest absolute Gasteiger partial charge is 0.258 e. The van der Waals surface area contributed by atoms with Gasteiger partial charge in [-0.15, -0.1) is 0 Å². The molecule has 0 bridgehead atoms. The maximum Gasteiger partial charge on any atom is 0.258 e. The van der Waals surface area contributed by atoms with Gasteiger partial charge in [0.1, 0.15) is 0 Å². The molecule has 1 unspecified atom stereocenters. The zero-order valence-corrected chi connectivity index (χ0v) is 18.8. The van der Waals surface area contributed by atoms with Gasteiger partial charge in [-0.2, -0.15) is 0 Å². The minimum atomic E-state index is -1.83. The molecule has 0 amide bonds. The molecule has 1 aliphatic rings. The fourth-order valence-corrected chi connectivity index (χ4v) is 10.1. The van der Waals surface area contributed by atoms with E-state index in [1.807, 2.05) is 0 Å². The van der Waals surface area contributed by atoms with Crippen molar-refractivity contribution in [1.29, 1.82) is 0 Å². The Bertz CT molecular complexity index is 421. The molecule has 0 saturated carbocycles. The second-order valence-corrected chi connectivity index (χ2v) is 14.6. The normalized spacial score (nSPS) is 25.3. The van der Waals surface area contributed by atoms with Crippen molar-refractivity contribution in [2.45, 2.75) is 105 Å². The summed E-state index contributed by atoms with van der Waals surface area (Å²) in [6.45, 7) is 21.3. The molecule has 0 aromatic rings. The first kappa shape index (κ1) is 21.5. The van der Waals surface area contributed by atoms with E-state index in [1.165, 1.54) is 18.6 Å². The standard InChI is InChI=1S/C22H42OSi/c1-10-12-20-14-15-21(13-11-16-22(20,8)9)23-24(17(2)3,18(4)5)19(6)7/h11,15-20H,10,12-14H2,1-9H3/b16-11-,21-15+. The summed E-state index contributed by atoms with van der Waals surface area (Å²) in [4.78, 5) is 0. The third-order valence-electron chi connectivity index (χ3n) is 6.20. The van der Waals surface area contributed by atoms with E-state index in [-0.39, 0.29) is 0 Å². The predicted octanol–water partition coefficient (Wildman–Crippen LogP) is 7.85. The van der Waals surface area contributed by atoms with Gasteiger partial charge >= 0.3 is 0 Å². The van der Waals surface area contributed by atoms with Gasteiger partial charge in [-0.05, 0) is 46.9 Å². The monoisotopic (exact) mass is 350 g/mol. The van der Waals surface area contributed by atoms with Crippen molar-refractivity contribution in [3.63, 3.8) is 0 Å². The van der Waals surface area contributed by atoms with Gasteiger partial charge in [0.05, 0.1) is 5.76 Å². The second-order valence-electron chi connectivity index (χ2n) is 9.24. The minimum absolute atomic E-state index is 0.292. The SMILES string of the molecule is CCCC1C/C=C(/O[Si](C(C)C)(C(C)C)C(C)C)C/C=C\C1(C)C. The van der Waals surface area contributed by atoms with E-state index >= 15 is 0 Å². The molecule has 0 saturated heterocycles. The lowest BCUT2D eigenvalue weighted by Crippen LogP contribution is -2.47. The fourth-order valence-electron chi connectivity index (χ4n) is 4.78. The van der Waals surface area contributed by atoms with Gasteiger partial charge in [-0.25, -0.2) is 0 Å². The summed E-state index contributed by atoms with van der Waals surface area (Å²) in [5, 5.41) is 0. The van der Waals surface area contributed by atoms with Crippen LogP contribution in [0, 0.1) is 11.3 Å². The van der Waals surface area contributed by atoms with Crippen LogP contribution >= 0.6 is 0 Å². The molecule has 0 aliphatic heterocycles. The first-order valence-electron chi connectivity index (χ1n) is 10.1. The number of rotatable bonds is 7. The molecule has 1 atom stereocenters. The first-order valence-corrected chi connectivity index (χ1v) is 12.3. The highest BCUT2D eigenvalue weighted by atomic mass is 28.4.